The van der Waals surface area contributed by atoms with Crippen LogP contribution in [0.15, 0.2) is 12.4 Å². The van der Waals surface area contributed by atoms with Crippen molar-refractivity contribution in [3.8, 4) is 0 Å². The Morgan fingerprint density at radius 3 is 2.40 bits per heavy atom. The van der Waals surface area contributed by atoms with Crippen molar-refractivity contribution in [3.05, 3.63) is 12.4 Å². The van der Waals surface area contributed by atoms with E-state index in [9.17, 15) is 9.59 Å². The van der Waals surface area contributed by atoms with Crippen LogP contribution < -0.4 is 10.2 Å². The summed E-state index contributed by atoms with van der Waals surface area (Å²) in [4.78, 5) is 25.5. The van der Waals surface area contributed by atoms with E-state index < -0.39 is 0 Å². The lowest BCUT2D eigenvalue weighted by Gasteiger charge is -2.23. The summed E-state index contributed by atoms with van der Waals surface area (Å²) in [6.07, 6.45) is 8.04. The van der Waals surface area contributed by atoms with Crippen LogP contribution in [-0.4, -0.2) is 34.7 Å². The first-order chi connectivity index (χ1) is 9.75. The molecule has 6 nitrogen and oxygen atoms in total. The van der Waals surface area contributed by atoms with Crippen molar-refractivity contribution in [1.29, 1.82) is 0 Å². The Bertz CT molecular complexity index is 487. The SMILES string of the molecule is O=C1CCCCC(=O)N1c1cnn(C2CCNCC2)c1. The summed E-state index contributed by atoms with van der Waals surface area (Å²) < 4.78 is 1.90. The molecule has 2 aliphatic heterocycles. The molecular formula is C14H20N4O2. The van der Waals surface area contributed by atoms with Crippen molar-refractivity contribution in [3.63, 3.8) is 0 Å². The third-order valence-corrected chi connectivity index (χ3v) is 4.06. The van der Waals surface area contributed by atoms with Gasteiger partial charge in [0.15, 0.2) is 0 Å². The van der Waals surface area contributed by atoms with E-state index in [0.717, 1.165) is 38.8 Å². The van der Waals surface area contributed by atoms with Crippen molar-refractivity contribution in [2.24, 2.45) is 0 Å². The molecule has 1 aromatic heterocycles. The first kappa shape index (κ1) is 13.3. The lowest BCUT2D eigenvalue weighted by molar-refractivity contribution is -0.125. The molecule has 3 heterocycles. The highest BCUT2D eigenvalue weighted by Gasteiger charge is 2.27. The lowest BCUT2D eigenvalue weighted by Crippen LogP contribution is -2.34. The maximum atomic E-state index is 12.1. The second kappa shape index (κ2) is 5.75. The molecule has 0 aromatic carbocycles. The number of aromatic nitrogens is 2. The Kier molecular flexibility index (Phi) is 3.82. The topological polar surface area (TPSA) is 67.2 Å². The number of nitrogens with one attached hydrogen (secondary N) is 1. The maximum Gasteiger partial charge on any atom is 0.233 e. The smallest absolute Gasteiger partial charge is 0.233 e. The van der Waals surface area contributed by atoms with E-state index in [-0.39, 0.29) is 11.8 Å². The minimum Gasteiger partial charge on any atom is -0.317 e. The van der Waals surface area contributed by atoms with Gasteiger partial charge in [0.2, 0.25) is 11.8 Å². The quantitative estimate of drug-likeness (QED) is 0.825. The zero-order valence-electron chi connectivity index (χ0n) is 11.5. The van der Waals surface area contributed by atoms with Crippen LogP contribution in [-0.2, 0) is 9.59 Å². The highest BCUT2D eigenvalue weighted by Crippen LogP contribution is 2.24. The van der Waals surface area contributed by atoms with Gasteiger partial charge in [-0.2, -0.15) is 5.10 Å². The zero-order valence-corrected chi connectivity index (χ0v) is 11.5. The van der Waals surface area contributed by atoms with Gasteiger partial charge in [0.25, 0.3) is 0 Å². The van der Waals surface area contributed by atoms with E-state index in [2.05, 4.69) is 10.4 Å². The van der Waals surface area contributed by atoms with Crippen LogP contribution in [0.25, 0.3) is 0 Å². The summed E-state index contributed by atoms with van der Waals surface area (Å²) in [6.45, 7) is 1.98. The molecular weight excluding hydrogens is 256 g/mol. The Labute approximate surface area is 118 Å². The van der Waals surface area contributed by atoms with Gasteiger partial charge in [-0.05, 0) is 38.8 Å². The van der Waals surface area contributed by atoms with Crippen molar-refractivity contribution >= 4 is 17.5 Å². The second-order valence-corrected chi connectivity index (χ2v) is 5.49. The molecule has 6 heteroatoms. The largest absolute Gasteiger partial charge is 0.317 e. The number of carbonyl (C=O) groups excluding carboxylic acids is 2. The standard InChI is InChI=1S/C14H20N4O2/c19-13-3-1-2-4-14(20)18(13)12-9-16-17(10-12)11-5-7-15-8-6-11/h9-11,15H,1-8H2. The fraction of sp³-hybridized carbons (Fsp3) is 0.643. The van der Waals surface area contributed by atoms with Gasteiger partial charge in [0.1, 0.15) is 0 Å². The fourth-order valence-corrected chi connectivity index (χ4v) is 2.92. The second-order valence-electron chi connectivity index (χ2n) is 5.49. The molecule has 0 atom stereocenters. The summed E-state index contributed by atoms with van der Waals surface area (Å²) in [6, 6.07) is 0.363. The van der Waals surface area contributed by atoms with Crippen LogP contribution in [0.4, 0.5) is 5.69 Å². The lowest BCUT2D eigenvalue weighted by atomic mass is 10.1. The number of nitrogens with zero attached hydrogens (tertiary/aromatic N) is 3. The Hall–Kier alpha value is -1.69. The van der Waals surface area contributed by atoms with Gasteiger partial charge >= 0.3 is 0 Å². The molecule has 0 saturated carbocycles. The molecule has 0 bridgehead atoms. The summed E-state index contributed by atoms with van der Waals surface area (Å²) in [7, 11) is 0. The average molecular weight is 276 g/mol. The number of hydrogen-bond donors (Lipinski definition) is 1. The average Bonchev–Trinajstić information content (AvgIpc) is 2.88. The van der Waals surface area contributed by atoms with E-state index >= 15 is 0 Å². The third kappa shape index (κ3) is 2.60. The monoisotopic (exact) mass is 276 g/mol. The number of hydrogen-bond acceptors (Lipinski definition) is 4. The summed E-state index contributed by atoms with van der Waals surface area (Å²) in [5.41, 5.74) is 0.625. The van der Waals surface area contributed by atoms with Crippen molar-refractivity contribution < 1.29 is 9.59 Å². The molecule has 2 fully saturated rings. The molecule has 0 radical (unpaired) electrons. The van der Waals surface area contributed by atoms with Crippen LogP contribution in [0.2, 0.25) is 0 Å². The first-order valence-electron chi connectivity index (χ1n) is 7.36. The molecule has 2 amide bonds. The minimum atomic E-state index is -0.0997. The van der Waals surface area contributed by atoms with Crippen molar-refractivity contribution in [1.82, 2.24) is 15.1 Å². The summed E-state index contributed by atoms with van der Waals surface area (Å²) in [5.74, 6) is -0.199. The highest BCUT2D eigenvalue weighted by molar-refractivity contribution is 6.15. The number of anilines is 1. The highest BCUT2D eigenvalue weighted by atomic mass is 16.2. The van der Waals surface area contributed by atoms with E-state index in [0.29, 0.717) is 24.6 Å². The molecule has 108 valence electrons. The van der Waals surface area contributed by atoms with E-state index in [1.165, 1.54) is 4.90 Å². The Morgan fingerprint density at radius 1 is 1.10 bits per heavy atom. The number of imide groups is 1. The third-order valence-electron chi connectivity index (χ3n) is 4.06. The van der Waals surface area contributed by atoms with Gasteiger partial charge in [-0.25, -0.2) is 4.90 Å². The number of piperidine rings is 1. The van der Waals surface area contributed by atoms with Gasteiger partial charge in [-0.15, -0.1) is 0 Å². The van der Waals surface area contributed by atoms with Crippen LogP contribution >= 0.6 is 0 Å². The summed E-state index contributed by atoms with van der Waals surface area (Å²) >= 11 is 0. The van der Waals surface area contributed by atoms with Crippen LogP contribution in [0.5, 0.6) is 0 Å². The molecule has 0 unspecified atom stereocenters. The molecule has 1 N–H and O–H groups in total. The van der Waals surface area contributed by atoms with Gasteiger partial charge in [0.05, 0.1) is 17.9 Å². The normalized spacial score (nSPS) is 22.1. The van der Waals surface area contributed by atoms with E-state index in [4.69, 9.17) is 0 Å². The predicted octanol–water partition coefficient (Wildman–Crippen LogP) is 1.24. The van der Waals surface area contributed by atoms with E-state index in [1.807, 2.05) is 10.9 Å². The number of amides is 2. The molecule has 3 rings (SSSR count). The Morgan fingerprint density at radius 2 is 1.75 bits per heavy atom. The van der Waals surface area contributed by atoms with Crippen LogP contribution in [0.1, 0.15) is 44.6 Å². The maximum absolute atomic E-state index is 12.1. The van der Waals surface area contributed by atoms with E-state index in [1.54, 1.807) is 6.20 Å². The number of carbonyl (C=O) groups is 2. The van der Waals surface area contributed by atoms with Crippen LogP contribution in [0.3, 0.4) is 0 Å². The summed E-state index contributed by atoms with van der Waals surface area (Å²) in [5, 5.41) is 7.67. The molecule has 1 aromatic rings. The molecule has 0 aliphatic carbocycles. The Balaban J connectivity index is 1.80. The molecule has 20 heavy (non-hydrogen) atoms. The van der Waals surface area contributed by atoms with Crippen LogP contribution in [0, 0.1) is 0 Å². The van der Waals surface area contributed by atoms with Gasteiger partial charge < -0.3 is 5.32 Å². The van der Waals surface area contributed by atoms with Crippen molar-refractivity contribution in [2.75, 3.05) is 18.0 Å². The van der Waals surface area contributed by atoms with Crippen molar-refractivity contribution in [2.45, 2.75) is 44.6 Å². The van der Waals surface area contributed by atoms with Gasteiger partial charge in [-0.1, -0.05) is 0 Å². The molecule has 2 saturated heterocycles. The molecule has 0 spiro atoms. The predicted molar refractivity (Wildman–Crippen MR) is 74.3 cm³/mol. The van der Waals surface area contributed by atoms with Gasteiger partial charge in [0, 0.05) is 19.0 Å². The molecule has 2 aliphatic rings. The van der Waals surface area contributed by atoms with Gasteiger partial charge in [-0.3, -0.25) is 14.3 Å². The zero-order chi connectivity index (χ0) is 13.9. The fourth-order valence-electron chi connectivity index (χ4n) is 2.92. The number of rotatable bonds is 2. The minimum absolute atomic E-state index is 0.0997. The first-order valence-corrected chi connectivity index (χ1v) is 7.36.